The minimum absolute atomic E-state index is 0.166. The van der Waals surface area contributed by atoms with Gasteiger partial charge >= 0.3 is 0 Å². The lowest BCUT2D eigenvalue weighted by atomic mass is 10.0. The van der Waals surface area contributed by atoms with Gasteiger partial charge in [0.15, 0.2) is 0 Å². The zero-order valence-corrected chi connectivity index (χ0v) is 14.7. The maximum atomic E-state index is 12.8. The fraction of sp³-hybridized carbons (Fsp3) is 0.316. The first-order chi connectivity index (χ1) is 11.5. The van der Waals surface area contributed by atoms with Crippen LogP contribution < -0.4 is 0 Å². The number of carbonyl (C=O) groups is 1. The highest BCUT2D eigenvalue weighted by atomic mass is 35.5. The molecule has 2 aromatic heterocycles. The number of benzene rings is 1. The van der Waals surface area contributed by atoms with Gasteiger partial charge in [-0.3, -0.25) is 4.79 Å². The van der Waals surface area contributed by atoms with Crippen molar-refractivity contribution in [2.45, 2.75) is 33.4 Å². The summed E-state index contributed by atoms with van der Waals surface area (Å²) in [4.78, 5) is 18.2. The van der Waals surface area contributed by atoms with Crippen molar-refractivity contribution in [2.75, 3.05) is 6.54 Å². The van der Waals surface area contributed by atoms with Crippen molar-refractivity contribution in [3.63, 3.8) is 0 Å². The summed E-state index contributed by atoms with van der Waals surface area (Å²) >= 11 is 6.15. The summed E-state index contributed by atoms with van der Waals surface area (Å²) in [6.45, 7) is 5.88. The zero-order valence-electron chi connectivity index (χ0n) is 13.9. The largest absolute Gasteiger partial charge is 0.358 e. The molecular formula is C19H20ClN3O. The average Bonchev–Trinajstić information content (AvgIpc) is 3.08. The Morgan fingerprint density at radius 2 is 1.96 bits per heavy atom. The lowest BCUT2D eigenvalue weighted by Crippen LogP contribution is -2.38. The smallest absolute Gasteiger partial charge is 0.242 e. The predicted molar refractivity (Wildman–Crippen MR) is 96.3 cm³/mol. The molecule has 0 saturated heterocycles. The first-order valence-corrected chi connectivity index (χ1v) is 8.60. The number of aromatic nitrogens is 2. The van der Waals surface area contributed by atoms with Crippen LogP contribution in [0.25, 0.3) is 10.9 Å². The second-order valence-electron chi connectivity index (χ2n) is 6.54. The predicted octanol–water partition coefficient (Wildman–Crippen LogP) is 3.82. The van der Waals surface area contributed by atoms with Crippen molar-refractivity contribution < 1.29 is 4.79 Å². The zero-order chi connectivity index (χ0) is 16.8. The lowest BCUT2D eigenvalue weighted by Gasteiger charge is -2.28. The van der Waals surface area contributed by atoms with E-state index in [1.54, 1.807) is 0 Å². The van der Waals surface area contributed by atoms with E-state index >= 15 is 0 Å². The molecule has 1 amide bonds. The number of aromatic amines is 1. The Bertz CT molecular complexity index is 918. The monoisotopic (exact) mass is 341 g/mol. The highest BCUT2D eigenvalue weighted by Crippen LogP contribution is 2.29. The van der Waals surface area contributed by atoms with E-state index in [9.17, 15) is 4.79 Å². The number of fused-ring (bicyclic) bond motifs is 3. The van der Waals surface area contributed by atoms with Crippen LogP contribution in [0.4, 0.5) is 0 Å². The van der Waals surface area contributed by atoms with Gasteiger partial charge in [0, 0.05) is 58.1 Å². The standard InChI is InChI=1S/C19H20ClN3O/c1-12-3-4-13(2)23(12)11-19(24)22-8-7-18-16(10-22)15-9-14(20)5-6-17(15)21-18/h3-6,9,21H,7-8,10-11H2,1-2H3. The fourth-order valence-corrected chi connectivity index (χ4v) is 3.76. The Hall–Kier alpha value is -2.20. The van der Waals surface area contributed by atoms with Crippen LogP contribution in [0.2, 0.25) is 5.02 Å². The molecular weight excluding hydrogens is 322 g/mol. The first kappa shape index (κ1) is 15.3. The third kappa shape index (κ3) is 2.51. The van der Waals surface area contributed by atoms with Crippen LogP contribution in [0.5, 0.6) is 0 Å². The molecule has 4 nitrogen and oxygen atoms in total. The maximum absolute atomic E-state index is 12.8. The van der Waals surface area contributed by atoms with E-state index in [-0.39, 0.29) is 5.91 Å². The van der Waals surface area contributed by atoms with E-state index in [4.69, 9.17) is 11.6 Å². The van der Waals surface area contributed by atoms with Crippen molar-refractivity contribution in [1.82, 2.24) is 14.5 Å². The molecule has 1 N–H and O–H groups in total. The van der Waals surface area contributed by atoms with Crippen LogP contribution in [0.1, 0.15) is 22.6 Å². The van der Waals surface area contributed by atoms with Gasteiger partial charge in [-0.15, -0.1) is 0 Å². The second-order valence-corrected chi connectivity index (χ2v) is 6.98. The van der Waals surface area contributed by atoms with Crippen molar-refractivity contribution in [3.8, 4) is 0 Å². The van der Waals surface area contributed by atoms with E-state index in [0.717, 1.165) is 40.3 Å². The van der Waals surface area contributed by atoms with Gasteiger partial charge in [-0.2, -0.15) is 0 Å². The van der Waals surface area contributed by atoms with Crippen LogP contribution in [0.15, 0.2) is 30.3 Å². The Morgan fingerprint density at radius 3 is 2.71 bits per heavy atom. The van der Waals surface area contributed by atoms with Crippen molar-refractivity contribution in [2.24, 2.45) is 0 Å². The third-order valence-corrected chi connectivity index (χ3v) is 5.24. The Morgan fingerprint density at radius 1 is 1.21 bits per heavy atom. The minimum Gasteiger partial charge on any atom is -0.358 e. The minimum atomic E-state index is 0.166. The summed E-state index contributed by atoms with van der Waals surface area (Å²) in [7, 11) is 0. The van der Waals surface area contributed by atoms with Crippen LogP contribution in [0.3, 0.4) is 0 Å². The molecule has 1 aliphatic heterocycles. The molecule has 124 valence electrons. The maximum Gasteiger partial charge on any atom is 0.242 e. The van der Waals surface area contributed by atoms with E-state index in [1.165, 1.54) is 11.3 Å². The Kier molecular flexibility index (Phi) is 3.65. The quantitative estimate of drug-likeness (QED) is 0.756. The third-order valence-electron chi connectivity index (χ3n) is 5.00. The molecule has 0 atom stereocenters. The van der Waals surface area contributed by atoms with Gasteiger partial charge in [-0.25, -0.2) is 0 Å². The lowest BCUT2D eigenvalue weighted by molar-refractivity contribution is -0.132. The van der Waals surface area contributed by atoms with Crippen LogP contribution >= 0.6 is 11.6 Å². The summed E-state index contributed by atoms with van der Waals surface area (Å²) in [6.07, 6.45) is 0.858. The number of nitrogens with one attached hydrogen (secondary N) is 1. The van der Waals surface area contributed by atoms with Gasteiger partial charge < -0.3 is 14.5 Å². The number of aryl methyl sites for hydroxylation is 2. The molecule has 5 heteroatoms. The van der Waals surface area contributed by atoms with Gasteiger partial charge in [0.2, 0.25) is 5.91 Å². The van der Waals surface area contributed by atoms with Gasteiger partial charge in [0.05, 0.1) is 0 Å². The van der Waals surface area contributed by atoms with E-state index in [0.29, 0.717) is 13.1 Å². The summed E-state index contributed by atoms with van der Waals surface area (Å²) in [6, 6.07) is 10.00. The fourth-order valence-electron chi connectivity index (χ4n) is 3.58. The second kappa shape index (κ2) is 5.71. The molecule has 3 aromatic rings. The Balaban J connectivity index is 1.60. The van der Waals surface area contributed by atoms with Crippen LogP contribution in [-0.4, -0.2) is 26.9 Å². The van der Waals surface area contributed by atoms with E-state index in [1.807, 2.05) is 36.9 Å². The van der Waals surface area contributed by atoms with Crippen LogP contribution in [0, 0.1) is 13.8 Å². The van der Waals surface area contributed by atoms with E-state index in [2.05, 4.69) is 21.7 Å². The molecule has 3 heterocycles. The number of carbonyl (C=O) groups excluding carboxylic acids is 1. The normalized spacial score (nSPS) is 14.2. The van der Waals surface area contributed by atoms with Gasteiger partial charge in [0.25, 0.3) is 0 Å². The van der Waals surface area contributed by atoms with Gasteiger partial charge in [0.1, 0.15) is 6.54 Å². The SMILES string of the molecule is Cc1ccc(C)n1CC(=O)N1CCc2[nH]c3ccc(Cl)cc3c2C1. The number of hydrogen-bond acceptors (Lipinski definition) is 1. The number of H-pyrrole nitrogens is 1. The highest BCUT2D eigenvalue weighted by Gasteiger charge is 2.24. The molecule has 0 spiro atoms. The number of rotatable bonds is 2. The first-order valence-electron chi connectivity index (χ1n) is 8.22. The Labute approximate surface area is 146 Å². The molecule has 0 bridgehead atoms. The van der Waals surface area contributed by atoms with Gasteiger partial charge in [-0.1, -0.05) is 11.6 Å². The number of halogens is 1. The molecule has 0 saturated carbocycles. The molecule has 1 aliphatic rings. The van der Waals surface area contributed by atoms with Crippen molar-refractivity contribution in [1.29, 1.82) is 0 Å². The van der Waals surface area contributed by atoms with Crippen LogP contribution in [-0.2, 0) is 24.3 Å². The molecule has 24 heavy (non-hydrogen) atoms. The number of amides is 1. The van der Waals surface area contributed by atoms with Crippen molar-refractivity contribution >= 4 is 28.4 Å². The van der Waals surface area contributed by atoms with Gasteiger partial charge in [-0.05, 0) is 44.2 Å². The molecule has 0 fully saturated rings. The van der Waals surface area contributed by atoms with Crippen molar-refractivity contribution in [3.05, 3.63) is 58.0 Å². The summed E-state index contributed by atoms with van der Waals surface area (Å²) in [5.74, 6) is 0.166. The topological polar surface area (TPSA) is 41.0 Å². The van der Waals surface area contributed by atoms with E-state index < -0.39 is 0 Å². The number of hydrogen-bond donors (Lipinski definition) is 1. The molecule has 4 rings (SSSR count). The number of nitrogens with zero attached hydrogens (tertiary/aromatic N) is 2. The average molecular weight is 342 g/mol. The molecule has 0 unspecified atom stereocenters. The summed E-state index contributed by atoms with van der Waals surface area (Å²) in [5, 5.41) is 1.86. The molecule has 1 aromatic carbocycles. The summed E-state index contributed by atoms with van der Waals surface area (Å²) in [5.41, 5.74) is 5.77. The molecule has 0 aliphatic carbocycles. The molecule has 0 radical (unpaired) electrons. The highest BCUT2D eigenvalue weighted by molar-refractivity contribution is 6.31. The summed E-state index contributed by atoms with van der Waals surface area (Å²) < 4.78 is 2.07.